The molecule has 0 fully saturated rings. The zero-order chi connectivity index (χ0) is 21.8. The van der Waals surface area contributed by atoms with Gasteiger partial charge >= 0.3 is 0 Å². The molecular formula is C24H27ClN2O3. The lowest BCUT2D eigenvalue weighted by atomic mass is 10.0. The van der Waals surface area contributed by atoms with E-state index < -0.39 is 5.91 Å². The highest BCUT2D eigenvalue weighted by Crippen LogP contribution is 2.27. The van der Waals surface area contributed by atoms with Gasteiger partial charge in [-0.1, -0.05) is 43.6 Å². The lowest BCUT2D eigenvalue weighted by Crippen LogP contribution is -2.38. The van der Waals surface area contributed by atoms with Gasteiger partial charge in [0.15, 0.2) is 11.2 Å². The van der Waals surface area contributed by atoms with E-state index in [0.717, 1.165) is 29.8 Å². The monoisotopic (exact) mass is 426 g/mol. The van der Waals surface area contributed by atoms with Crippen molar-refractivity contribution in [3.8, 4) is 0 Å². The first-order chi connectivity index (χ1) is 14.3. The summed E-state index contributed by atoms with van der Waals surface area (Å²) in [5.74, 6) is -0.412. The first kappa shape index (κ1) is 22.1. The topological polar surface area (TPSA) is 62.6 Å². The van der Waals surface area contributed by atoms with Gasteiger partial charge in [-0.05, 0) is 61.8 Å². The number of hydrogen-bond donors (Lipinski definition) is 1. The van der Waals surface area contributed by atoms with Crippen molar-refractivity contribution in [3.63, 3.8) is 0 Å². The van der Waals surface area contributed by atoms with Gasteiger partial charge in [-0.15, -0.1) is 0 Å². The molecule has 2 aromatic carbocycles. The van der Waals surface area contributed by atoms with Crippen molar-refractivity contribution in [3.05, 3.63) is 80.2 Å². The van der Waals surface area contributed by atoms with Crippen LogP contribution in [0.2, 0.25) is 5.02 Å². The third kappa shape index (κ3) is 4.58. The third-order valence-electron chi connectivity index (χ3n) is 5.54. The van der Waals surface area contributed by atoms with Crippen LogP contribution in [0.3, 0.4) is 0 Å². The predicted octanol–water partition coefficient (Wildman–Crippen LogP) is 4.88. The number of halogens is 1. The predicted molar refractivity (Wildman–Crippen MR) is 121 cm³/mol. The number of carbonyl (C=O) groups excluding carboxylic acids is 1. The summed E-state index contributed by atoms with van der Waals surface area (Å²) >= 11 is 6.42. The molecule has 1 unspecified atom stereocenters. The van der Waals surface area contributed by atoms with E-state index in [-0.39, 0.29) is 17.2 Å². The van der Waals surface area contributed by atoms with E-state index in [1.54, 1.807) is 12.1 Å². The molecule has 3 aromatic rings. The highest BCUT2D eigenvalue weighted by Gasteiger charge is 2.22. The summed E-state index contributed by atoms with van der Waals surface area (Å²) in [6.45, 7) is 10.00. The summed E-state index contributed by atoms with van der Waals surface area (Å²) in [7, 11) is 0. The van der Waals surface area contributed by atoms with Gasteiger partial charge in [-0.2, -0.15) is 0 Å². The van der Waals surface area contributed by atoms with E-state index in [9.17, 15) is 9.59 Å². The Hall–Kier alpha value is -2.63. The fourth-order valence-electron chi connectivity index (χ4n) is 3.65. The van der Waals surface area contributed by atoms with Gasteiger partial charge < -0.3 is 9.73 Å². The van der Waals surface area contributed by atoms with Crippen molar-refractivity contribution in [1.29, 1.82) is 0 Å². The highest BCUT2D eigenvalue weighted by molar-refractivity contribution is 6.31. The van der Waals surface area contributed by atoms with Crippen molar-refractivity contribution in [2.24, 2.45) is 0 Å². The molecule has 3 rings (SSSR count). The number of benzene rings is 2. The highest BCUT2D eigenvalue weighted by atomic mass is 35.5. The number of aryl methyl sites for hydroxylation is 2. The lowest BCUT2D eigenvalue weighted by Gasteiger charge is -2.30. The number of nitrogens with zero attached hydrogens (tertiary/aromatic N) is 1. The molecule has 0 saturated heterocycles. The van der Waals surface area contributed by atoms with Crippen LogP contribution in [-0.2, 0) is 0 Å². The second-order valence-corrected chi connectivity index (χ2v) is 7.78. The molecule has 1 amide bonds. The van der Waals surface area contributed by atoms with Gasteiger partial charge in [0.25, 0.3) is 5.91 Å². The normalized spacial score (nSPS) is 12.3. The number of nitrogens with one attached hydrogen (secondary N) is 1. The molecule has 1 heterocycles. The Morgan fingerprint density at radius 3 is 2.43 bits per heavy atom. The van der Waals surface area contributed by atoms with Crippen molar-refractivity contribution < 1.29 is 9.21 Å². The Balaban J connectivity index is 1.87. The molecule has 1 aromatic heterocycles. The molecule has 1 atom stereocenters. The molecule has 0 spiro atoms. The van der Waals surface area contributed by atoms with E-state index >= 15 is 0 Å². The average Bonchev–Trinajstić information content (AvgIpc) is 2.73. The molecule has 5 nitrogen and oxygen atoms in total. The van der Waals surface area contributed by atoms with E-state index in [0.29, 0.717) is 22.5 Å². The molecule has 0 aliphatic carbocycles. The summed E-state index contributed by atoms with van der Waals surface area (Å²) < 4.78 is 5.76. The van der Waals surface area contributed by atoms with Crippen molar-refractivity contribution in [2.75, 3.05) is 19.6 Å². The molecule has 0 saturated carbocycles. The molecule has 1 N–H and O–H groups in total. The number of fused-ring (bicyclic) bond motifs is 1. The zero-order valence-electron chi connectivity index (χ0n) is 17.8. The van der Waals surface area contributed by atoms with Crippen LogP contribution in [0.25, 0.3) is 11.0 Å². The summed E-state index contributed by atoms with van der Waals surface area (Å²) in [6.07, 6.45) is 0. The lowest BCUT2D eigenvalue weighted by molar-refractivity contribution is 0.0908. The van der Waals surface area contributed by atoms with Crippen LogP contribution in [0.4, 0.5) is 0 Å². The van der Waals surface area contributed by atoms with E-state index in [2.05, 4.69) is 24.1 Å². The molecular weight excluding hydrogens is 400 g/mol. The van der Waals surface area contributed by atoms with Crippen LogP contribution in [0.5, 0.6) is 0 Å². The molecule has 0 aliphatic rings. The maximum Gasteiger partial charge on any atom is 0.287 e. The number of likely N-dealkylation sites (N-methyl/N-ethyl adjacent to an activating group) is 1. The van der Waals surface area contributed by atoms with Gasteiger partial charge in [0, 0.05) is 17.6 Å². The smallest absolute Gasteiger partial charge is 0.287 e. The number of rotatable bonds is 7. The minimum absolute atomic E-state index is 0.00760. The first-order valence-corrected chi connectivity index (χ1v) is 10.5. The molecule has 0 aliphatic heterocycles. The molecule has 0 bridgehead atoms. The zero-order valence-corrected chi connectivity index (χ0v) is 18.5. The quantitative estimate of drug-likeness (QED) is 0.585. The van der Waals surface area contributed by atoms with Crippen molar-refractivity contribution in [1.82, 2.24) is 10.2 Å². The SMILES string of the molecule is CCN(CC)C(CNC(=O)c1cc(=O)c2cc(C)c(C)cc2o1)c1ccccc1Cl. The minimum Gasteiger partial charge on any atom is -0.451 e. The standard InChI is InChI=1S/C24H27ClN2O3/c1-5-27(6-2)20(17-9-7-8-10-19(17)25)14-26-24(29)23-13-21(28)18-11-15(3)16(4)12-22(18)30-23/h7-13,20H,5-6,14H2,1-4H3,(H,26,29). The van der Waals surface area contributed by atoms with Crippen LogP contribution >= 0.6 is 11.6 Å². The second kappa shape index (κ2) is 9.45. The summed E-state index contributed by atoms with van der Waals surface area (Å²) in [6, 6.07) is 12.4. The summed E-state index contributed by atoms with van der Waals surface area (Å²) in [4.78, 5) is 27.6. The van der Waals surface area contributed by atoms with Crippen LogP contribution in [0.1, 0.15) is 47.1 Å². The van der Waals surface area contributed by atoms with Gasteiger partial charge in [-0.25, -0.2) is 0 Å². The Morgan fingerprint density at radius 2 is 1.77 bits per heavy atom. The maximum absolute atomic E-state index is 12.8. The Morgan fingerprint density at radius 1 is 1.10 bits per heavy atom. The second-order valence-electron chi connectivity index (χ2n) is 7.38. The Labute approximate surface area is 181 Å². The molecule has 6 heteroatoms. The largest absolute Gasteiger partial charge is 0.451 e. The van der Waals surface area contributed by atoms with Crippen LogP contribution in [0.15, 0.2) is 51.7 Å². The number of hydrogen-bond acceptors (Lipinski definition) is 4. The first-order valence-electron chi connectivity index (χ1n) is 10.2. The van der Waals surface area contributed by atoms with Crippen LogP contribution in [0, 0.1) is 13.8 Å². The molecule has 0 radical (unpaired) electrons. The van der Waals surface area contributed by atoms with Gasteiger partial charge in [0.05, 0.1) is 11.4 Å². The third-order valence-corrected chi connectivity index (χ3v) is 5.88. The fraction of sp³-hybridized carbons (Fsp3) is 0.333. The number of amides is 1. The average molecular weight is 427 g/mol. The van der Waals surface area contributed by atoms with Crippen molar-refractivity contribution in [2.45, 2.75) is 33.7 Å². The van der Waals surface area contributed by atoms with Crippen LogP contribution in [-0.4, -0.2) is 30.4 Å². The summed E-state index contributed by atoms with van der Waals surface area (Å²) in [5.41, 5.74) is 3.16. The van der Waals surface area contributed by atoms with Gasteiger partial charge in [-0.3, -0.25) is 14.5 Å². The van der Waals surface area contributed by atoms with E-state index in [1.165, 1.54) is 6.07 Å². The summed E-state index contributed by atoms with van der Waals surface area (Å²) in [5, 5.41) is 4.06. The van der Waals surface area contributed by atoms with E-state index in [4.69, 9.17) is 16.0 Å². The van der Waals surface area contributed by atoms with Gasteiger partial charge in [0.1, 0.15) is 5.58 Å². The Bertz CT molecular complexity index is 1120. The van der Waals surface area contributed by atoms with Crippen molar-refractivity contribution >= 4 is 28.5 Å². The van der Waals surface area contributed by atoms with E-state index in [1.807, 2.05) is 38.1 Å². The number of carbonyl (C=O) groups is 1. The van der Waals surface area contributed by atoms with Gasteiger partial charge in [0.2, 0.25) is 0 Å². The van der Waals surface area contributed by atoms with Crippen LogP contribution < -0.4 is 10.7 Å². The Kier molecular flexibility index (Phi) is 6.95. The fourth-order valence-corrected chi connectivity index (χ4v) is 3.91. The maximum atomic E-state index is 12.8. The molecule has 30 heavy (non-hydrogen) atoms. The minimum atomic E-state index is -0.420. The molecule has 158 valence electrons.